The third-order valence-corrected chi connectivity index (χ3v) is 2.10. The molecule has 16 heavy (non-hydrogen) atoms. The number of hydrogen-bond acceptors (Lipinski definition) is 3. The zero-order valence-electron chi connectivity index (χ0n) is 9.19. The van der Waals surface area contributed by atoms with E-state index in [0.717, 1.165) is 5.56 Å². The van der Waals surface area contributed by atoms with Gasteiger partial charge in [-0.2, -0.15) is 0 Å². The number of hydrogen-bond donors (Lipinski definition) is 1. The van der Waals surface area contributed by atoms with E-state index >= 15 is 0 Å². The Morgan fingerprint density at radius 1 is 1.50 bits per heavy atom. The maximum Gasteiger partial charge on any atom is 0.251 e. The van der Waals surface area contributed by atoms with E-state index in [-0.39, 0.29) is 5.91 Å². The lowest BCUT2D eigenvalue weighted by Crippen LogP contribution is -2.22. The van der Waals surface area contributed by atoms with E-state index in [0.29, 0.717) is 25.1 Å². The Bertz CT molecular complexity index is 409. The molecule has 0 radical (unpaired) electrons. The summed E-state index contributed by atoms with van der Waals surface area (Å²) >= 11 is 0. The molecule has 0 bridgehead atoms. The van der Waals surface area contributed by atoms with Gasteiger partial charge >= 0.3 is 0 Å². The summed E-state index contributed by atoms with van der Waals surface area (Å²) in [6.07, 6.45) is 2.13. The number of carbonyl (C=O) groups is 1. The third-order valence-electron chi connectivity index (χ3n) is 2.10. The fraction of sp³-hybridized carbons (Fsp3) is 0.333. The summed E-state index contributed by atoms with van der Waals surface area (Å²) < 4.78 is 0. The summed E-state index contributed by atoms with van der Waals surface area (Å²) in [6, 6.07) is 7.30. The van der Waals surface area contributed by atoms with Crippen LogP contribution in [0, 0.1) is 0 Å². The van der Waals surface area contributed by atoms with Crippen molar-refractivity contribution >= 4 is 12.0 Å². The number of nitrogens with one attached hydrogen (secondary N) is 1. The van der Waals surface area contributed by atoms with E-state index in [2.05, 4.69) is 10.3 Å². The molecule has 0 aliphatic carbocycles. The highest BCUT2D eigenvalue weighted by molar-refractivity contribution is 5.94. The van der Waals surface area contributed by atoms with Gasteiger partial charge in [0.15, 0.2) is 0 Å². The molecule has 84 valence electrons. The van der Waals surface area contributed by atoms with Crippen LogP contribution in [0.2, 0.25) is 0 Å². The normalized spacial score (nSPS) is 9.31. The Hall–Kier alpha value is -1.93. The molecule has 4 nitrogen and oxygen atoms in total. The molecular weight excluding hydrogens is 204 g/mol. The third kappa shape index (κ3) is 3.67. The van der Waals surface area contributed by atoms with Crippen molar-refractivity contribution in [1.29, 1.82) is 0 Å². The van der Waals surface area contributed by atoms with Gasteiger partial charge in [-0.3, -0.25) is 4.79 Å². The Kier molecular flexibility index (Phi) is 4.96. The number of rotatable bonds is 5. The van der Waals surface area contributed by atoms with Gasteiger partial charge in [0.05, 0.1) is 6.54 Å². The predicted octanol–water partition coefficient (Wildman–Crippen LogP) is 1.31. The average Bonchev–Trinajstić information content (AvgIpc) is 2.30. The summed E-state index contributed by atoms with van der Waals surface area (Å²) in [7, 11) is 0. The first-order valence-electron chi connectivity index (χ1n) is 5.18. The summed E-state index contributed by atoms with van der Waals surface area (Å²) in [5.74, 6) is -0.0803. The van der Waals surface area contributed by atoms with Crippen molar-refractivity contribution in [2.24, 2.45) is 4.99 Å². The summed E-state index contributed by atoms with van der Waals surface area (Å²) in [5.41, 5.74) is 1.62. The van der Waals surface area contributed by atoms with Crippen LogP contribution in [0.4, 0.5) is 0 Å². The highest BCUT2D eigenvalue weighted by Crippen LogP contribution is 2.06. The molecule has 0 heterocycles. The molecule has 0 aromatic heterocycles. The lowest BCUT2D eigenvalue weighted by atomic mass is 10.1. The van der Waals surface area contributed by atoms with Crippen LogP contribution in [0.5, 0.6) is 0 Å². The van der Waals surface area contributed by atoms with Crippen molar-refractivity contribution in [3.63, 3.8) is 0 Å². The fourth-order valence-corrected chi connectivity index (χ4v) is 1.36. The minimum Gasteiger partial charge on any atom is -0.352 e. The number of amides is 1. The molecule has 0 aliphatic rings. The first kappa shape index (κ1) is 12.1. The number of carbonyl (C=O) groups excluding carboxylic acids is 2. The van der Waals surface area contributed by atoms with Crippen molar-refractivity contribution in [2.75, 3.05) is 13.1 Å². The van der Waals surface area contributed by atoms with Crippen LogP contribution in [-0.2, 0) is 11.2 Å². The van der Waals surface area contributed by atoms with Crippen molar-refractivity contribution in [3.8, 4) is 0 Å². The fourth-order valence-electron chi connectivity index (χ4n) is 1.36. The van der Waals surface area contributed by atoms with Gasteiger partial charge in [0, 0.05) is 12.1 Å². The second kappa shape index (κ2) is 6.53. The average molecular weight is 218 g/mol. The van der Waals surface area contributed by atoms with Crippen molar-refractivity contribution in [3.05, 3.63) is 35.4 Å². The lowest BCUT2D eigenvalue weighted by Gasteiger charge is -2.04. The van der Waals surface area contributed by atoms with E-state index in [1.807, 2.05) is 25.1 Å². The van der Waals surface area contributed by atoms with E-state index in [4.69, 9.17) is 0 Å². The molecule has 0 aliphatic heterocycles. The SMILES string of the molecule is CCNC(=O)c1cccc(CCN=C=O)c1. The van der Waals surface area contributed by atoms with Gasteiger partial charge in [0.2, 0.25) is 6.08 Å². The van der Waals surface area contributed by atoms with E-state index < -0.39 is 0 Å². The van der Waals surface area contributed by atoms with Crippen molar-refractivity contribution in [2.45, 2.75) is 13.3 Å². The van der Waals surface area contributed by atoms with Gasteiger partial charge in [0.25, 0.3) is 5.91 Å². The van der Waals surface area contributed by atoms with Crippen LogP contribution in [0.15, 0.2) is 29.3 Å². The molecule has 0 fully saturated rings. The second-order valence-electron chi connectivity index (χ2n) is 3.28. The van der Waals surface area contributed by atoms with Crippen LogP contribution in [0.3, 0.4) is 0 Å². The lowest BCUT2D eigenvalue weighted by molar-refractivity contribution is 0.0955. The monoisotopic (exact) mass is 218 g/mol. The first-order valence-corrected chi connectivity index (χ1v) is 5.18. The van der Waals surface area contributed by atoms with Gasteiger partial charge in [-0.15, -0.1) is 0 Å². The number of benzene rings is 1. The smallest absolute Gasteiger partial charge is 0.251 e. The predicted molar refractivity (Wildman–Crippen MR) is 61.1 cm³/mol. The first-order chi connectivity index (χ1) is 7.77. The zero-order chi connectivity index (χ0) is 11.8. The molecule has 1 rings (SSSR count). The van der Waals surface area contributed by atoms with Crippen molar-refractivity contribution < 1.29 is 9.59 Å². The van der Waals surface area contributed by atoms with Crippen LogP contribution in [-0.4, -0.2) is 25.1 Å². The van der Waals surface area contributed by atoms with Crippen molar-refractivity contribution in [1.82, 2.24) is 5.32 Å². The molecule has 0 atom stereocenters. The molecular formula is C12H14N2O2. The van der Waals surface area contributed by atoms with E-state index in [1.54, 1.807) is 6.07 Å². The Balaban J connectivity index is 2.70. The maximum absolute atomic E-state index is 11.5. The Morgan fingerprint density at radius 3 is 3.00 bits per heavy atom. The summed E-state index contributed by atoms with van der Waals surface area (Å²) in [6.45, 7) is 2.89. The number of aliphatic imine (C=N–C) groups is 1. The highest BCUT2D eigenvalue weighted by Gasteiger charge is 2.03. The molecule has 0 saturated heterocycles. The van der Waals surface area contributed by atoms with Gasteiger partial charge in [-0.25, -0.2) is 9.79 Å². The van der Waals surface area contributed by atoms with Gasteiger partial charge in [0.1, 0.15) is 0 Å². The topological polar surface area (TPSA) is 58.5 Å². The minimum absolute atomic E-state index is 0.0803. The van der Waals surface area contributed by atoms with Crippen LogP contribution >= 0.6 is 0 Å². The number of nitrogens with zero attached hydrogens (tertiary/aromatic N) is 1. The number of isocyanates is 1. The second-order valence-corrected chi connectivity index (χ2v) is 3.28. The zero-order valence-corrected chi connectivity index (χ0v) is 9.19. The summed E-state index contributed by atoms with van der Waals surface area (Å²) in [4.78, 5) is 24.9. The largest absolute Gasteiger partial charge is 0.352 e. The molecule has 4 heteroatoms. The quantitative estimate of drug-likeness (QED) is 0.598. The van der Waals surface area contributed by atoms with Gasteiger partial charge in [-0.05, 0) is 31.0 Å². The molecule has 0 spiro atoms. The maximum atomic E-state index is 11.5. The molecule has 1 aromatic carbocycles. The molecule has 1 N–H and O–H groups in total. The highest BCUT2D eigenvalue weighted by atomic mass is 16.1. The van der Waals surface area contributed by atoms with Gasteiger partial charge in [-0.1, -0.05) is 12.1 Å². The van der Waals surface area contributed by atoms with Crippen LogP contribution in [0.1, 0.15) is 22.8 Å². The van der Waals surface area contributed by atoms with Crippen LogP contribution < -0.4 is 5.32 Å². The standard InChI is InChI=1S/C12H14N2O2/c1-2-14-12(16)11-5-3-4-10(8-11)6-7-13-9-15/h3-5,8H,2,6-7H2,1H3,(H,14,16). The Morgan fingerprint density at radius 2 is 2.31 bits per heavy atom. The summed E-state index contributed by atoms with van der Waals surface area (Å²) in [5, 5.41) is 2.73. The molecule has 0 saturated carbocycles. The van der Waals surface area contributed by atoms with E-state index in [9.17, 15) is 9.59 Å². The molecule has 0 unspecified atom stereocenters. The van der Waals surface area contributed by atoms with Crippen LogP contribution in [0.25, 0.3) is 0 Å². The Labute approximate surface area is 94.4 Å². The van der Waals surface area contributed by atoms with E-state index in [1.165, 1.54) is 6.08 Å². The minimum atomic E-state index is -0.0803. The molecule has 1 aromatic rings. The molecule has 1 amide bonds. The van der Waals surface area contributed by atoms with Gasteiger partial charge < -0.3 is 5.32 Å².